The van der Waals surface area contributed by atoms with Crippen LogP contribution in [0.3, 0.4) is 0 Å². The molecule has 0 radical (unpaired) electrons. The van der Waals surface area contributed by atoms with E-state index < -0.39 is 5.97 Å². The van der Waals surface area contributed by atoms with Crippen LogP contribution in [-0.2, 0) is 9.53 Å². The number of allylic oxidation sites excluding steroid dienone is 2. The highest BCUT2D eigenvalue weighted by Gasteiger charge is 2.35. The summed E-state index contributed by atoms with van der Waals surface area (Å²) in [5, 5.41) is 8.52. The monoisotopic (exact) mass is 294 g/mol. The van der Waals surface area contributed by atoms with E-state index in [4.69, 9.17) is 9.84 Å². The van der Waals surface area contributed by atoms with Crippen LogP contribution in [0.1, 0.15) is 71.1 Å². The zero-order valence-corrected chi connectivity index (χ0v) is 13.3. The van der Waals surface area contributed by atoms with Crippen LogP contribution in [0.4, 0.5) is 0 Å². The van der Waals surface area contributed by atoms with E-state index in [0.29, 0.717) is 12.2 Å². The lowest BCUT2D eigenvalue weighted by Crippen LogP contribution is -1.93. The number of carboxylic acids is 1. The van der Waals surface area contributed by atoms with Crippen molar-refractivity contribution >= 4 is 5.97 Å². The molecule has 0 aromatic heterocycles. The molecule has 2 unspecified atom stereocenters. The van der Waals surface area contributed by atoms with Crippen LogP contribution in [0.15, 0.2) is 24.3 Å². The molecule has 0 aliphatic carbocycles. The van der Waals surface area contributed by atoms with Crippen molar-refractivity contribution in [3.05, 3.63) is 24.3 Å². The Labute approximate surface area is 129 Å². The molecule has 3 heteroatoms. The standard InChI is InChI=1S/C18H30O3/c1-2-3-4-5-7-10-13-16-17(21-16)14-11-8-6-9-12-15-18(19)20/h7-8,10-11,16-17H,2-6,9,12-15H2,1H3,(H,19,20)/b10-7-,11-8-. The molecule has 120 valence electrons. The molecule has 1 N–H and O–H groups in total. The van der Waals surface area contributed by atoms with Crippen molar-refractivity contribution in [3.8, 4) is 0 Å². The third-order valence-corrected chi connectivity index (χ3v) is 3.74. The quantitative estimate of drug-likeness (QED) is 0.299. The van der Waals surface area contributed by atoms with E-state index in [1.807, 2.05) is 0 Å². The van der Waals surface area contributed by atoms with Crippen LogP contribution in [0.2, 0.25) is 0 Å². The van der Waals surface area contributed by atoms with Crippen LogP contribution >= 0.6 is 0 Å². The third-order valence-electron chi connectivity index (χ3n) is 3.74. The average molecular weight is 294 g/mol. The smallest absolute Gasteiger partial charge is 0.303 e. The summed E-state index contributed by atoms with van der Waals surface area (Å²) in [6.07, 6.45) is 19.8. The van der Waals surface area contributed by atoms with Gasteiger partial charge in [-0.2, -0.15) is 0 Å². The summed E-state index contributed by atoms with van der Waals surface area (Å²) in [6.45, 7) is 2.23. The van der Waals surface area contributed by atoms with Gasteiger partial charge in [0.15, 0.2) is 0 Å². The Morgan fingerprint density at radius 2 is 1.52 bits per heavy atom. The number of carboxylic acid groups (broad SMARTS) is 1. The maximum Gasteiger partial charge on any atom is 0.303 e. The second-order valence-corrected chi connectivity index (χ2v) is 5.76. The zero-order chi connectivity index (χ0) is 15.3. The Kier molecular flexibility index (Phi) is 9.88. The maximum absolute atomic E-state index is 10.3. The van der Waals surface area contributed by atoms with Crippen molar-refractivity contribution in [2.24, 2.45) is 0 Å². The number of hydrogen-bond donors (Lipinski definition) is 1. The molecule has 1 saturated heterocycles. The van der Waals surface area contributed by atoms with E-state index in [1.54, 1.807) is 0 Å². The summed E-state index contributed by atoms with van der Waals surface area (Å²) < 4.78 is 5.62. The predicted molar refractivity (Wildman–Crippen MR) is 86.4 cm³/mol. The molecule has 0 bridgehead atoms. The summed E-state index contributed by atoms with van der Waals surface area (Å²) in [6, 6.07) is 0. The lowest BCUT2D eigenvalue weighted by molar-refractivity contribution is -0.137. The Morgan fingerprint density at radius 1 is 0.952 bits per heavy atom. The number of hydrogen-bond acceptors (Lipinski definition) is 2. The van der Waals surface area contributed by atoms with Gasteiger partial charge in [-0.15, -0.1) is 0 Å². The van der Waals surface area contributed by atoms with Crippen molar-refractivity contribution in [3.63, 3.8) is 0 Å². The van der Waals surface area contributed by atoms with E-state index in [9.17, 15) is 4.79 Å². The average Bonchev–Trinajstić information content (AvgIpc) is 3.20. The Hall–Kier alpha value is -1.09. The highest BCUT2D eigenvalue weighted by Crippen LogP contribution is 2.29. The van der Waals surface area contributed by atoms with Crippen LogP contribution in [0.25, 0.3) is 0 Å². The largest absolute Gasteiger partial charge is 0.481 e. The summed E-state index contributed by atoms with van der Waals surface area (Å²) in [5.41, 5.74) is 0. The number of epoxide rings is 1. The molecular formula is C18H30O3. The molecule has 0 spiro atoms. The zero-order valence-electron chi connectivity index (χ0n) is 13.3. The van der Waals surface area contributed by atoms with E-state index in [-0.39, 0.29) is 6.42 Å². The summed E-state index contributed by atoms with van der Waals surface area (Å²) in [4.78, 5) is 10.3. The van der Waals surface area contributed by atoms with Crippen molar-refractivity contribution in [1.82, 2.24) is 0 Å². The molecule has 0 aromatic carbocycles. The third kappa shape index (κ3) is 10.3. The lowest BCUT2D eigenvalue weighted by atomic mass is 10.1. The molecule has 21 heavy (non-hydrogen) atoms. The van der Waals surface area contributed by atoms with Gasteiger partial charge in [0.05, 0.1) is 12.2 Å². The fourth-order valence-corrected chi connectivity index (χ4v) is 2.34. The number of ether oxygens (including phenoxy) is 1. The van der Waals surface area contributed by atoms with E-state index in [1.165, 1.54) is 25.7 Å². The van der Waals surface area contributed by atoms with Gasteiger partial charge in [-0.25, -0.2) is 0 Å². The molecule has 2 atom stereocenters. The minimum atomic E-state index is -0.698. The number of aliphatic carboxylic acids is 1. The van der Waals surface area contributed by atoms with Gasteiger partial charge in [0.1, 0.15) is 0 Å². The fourth-order valence-electron chi connectivity index (χ4n) is 2.34. The second-order valence-electron chi connectivity index (χ2n) is 5.76. The van der Waals surface area contributed by atoms with Crippen molar-refractivity contribution < 1.29 is 14.6 Å². The van der Waals surface area contributed by atoms with Crippen molar-refractivity contribution in [2.45, 2.75) is 83.3 Å². The van der Waals surface area contributed by atoms with Crippen LogP contribution in [-0.4, -0.2) is 23.3 Å². The van der Waals surface area contributed by atoms with Gasteiger partial charge >= 0.3 is 5.97 Å². The van der Waals surface area contributed by atoms with Crippen molar-refractivity contribution in [1.29, 1.82) is 0 Å². The Balaban J connectivity index is 1.90. The van der Waals surface area contributed by atoms with E-state index in [0.717, 1.165) is 32.1 Å². The first-order valence-electron chi connectivity index (χ1n) is 8.41. The van der Waals surface area contributed by atoms with E-state index >= 15 is 0 Å². The van der Waals surface area contributed by atoms with E-state index in [2.05, 4.69) is 31.2 Å². The first-order chi connectivity index (χ1) is 10.2. The van der Waals surface area contributed by atoms with Gasteiger partial charge in [0.25, 0.3) is 0 Å². The number of carbonyl (C=O) groups is 1. The predicted octanol–water partition coefficient (Wildman–Crippen LogP) is 4.87. The molecule has 0 aromatic rings. The molecule has 0 saturated carbocycles. The molecule has 1 heterocycles. The topological polar surface area (TPSA) is 49.8 Å². The molecule has 1 aliphatic heterocycles. The minimum Gasteiger partial charge on any atom is -0.481 e. The number of unbranched alkanes of at least 4 members (excludes halogenated alkanes) is 5. The second kappa shape index (κ2) is 11.6. The number of rotatable bonds is 13. The summed E-state index contributed by atoms with van der Waals surface area (Å²) in [5.74, 6) is -0.698. The first-order valence-corrected chi connectivity index (χ1v) is 8.41. The minimum absolute atomic E-state index is 0.284. The molecule has 1 rings (SSSR count). The molecule has 0 amide bonds. The first kappa shape index (κ1) is 18.0. The van der Waals surface area contributed by atoms with Gasteiger partial charge < -0.3 is 9.84 Å². The van der Waals surface area contributed by atoms with Crippen LogP contribution in [0, 0.1) is 0 Å². The molecular weight excluding hydrogens is 264 g/mol. The summed E-state index contributed by atoms with van der Waals surface area (Å²) in [7, 11) is 0. The highest BCUT2D eigenvalue weighted by molar-refractivity contribution is 5.66. The Morgan fingerprint density at radius 3 is 2.05 bits per heavy atom. The van der Waals surface area contributed by atoms with Gasteiger partial charge in [0, 0.05) is 6.42 Å². The van der Waals surface area contributed by atoms with Crippen LogP contribution < -0.4 is 0 Å². The van der Waals surface area contributed by atoms with Crippen molar-refractivity contribution in [2.75, 3.05) is 0 Å². The molecule has 3 nitrogen and oxygen atoms in total. The fraction of sp³-hybridized carbons (Fsp3) is 0.722. The maximum atomic E-state index is 10.3. The summed E-state index contributed by atoms with van der Waals surface area (Å²) >= 11 is 0. The SMILES string of the molecule is CCCCC/C=C\CC1OC1C/C=C\CCCCC(=O)O. The lowest BCUT2D eigenvalue weighted by Gasteiger charge is -1.93. The van der Waals surface area contributed by atoms with Gasteiger partial charge in [-0.1, -0.05) is 44.1 Å². The highest BCUT2D eigenvalue weighted by atomic mass is 16.6. The Bertz CT molecular complexity index is 333. The van der Waals surface area contributed by atoms with Gasteiger partial charge in [0.2, 0.25) is 0 Å². The van der Waals surface area contributed by atoms with Crippen LogP contribution in [0.5, 0.6) is 0 Å². The normalized spacial score (nSPS) is 21.4. The molecule has 1 fully saturated rings. The van der Waals surface area contributed by atoms with Gasteiger partial charge in [-0.3, -0.25) is 4.79 Å². The van der Waals surface area contributed by atoms with Gasteiger partial charge in [-0.05, 0) is 44.9 Å². The molecule has 1 aliphatic rings.